The molecule has 0 aromatic carbocycles. The minimum absolute atomic E-state index is 0.0468. The monoisotopic (exact) mass is 208 g/mol. The highest BCUT2D eigenvalue weighted by molar-refractivity contribution is 6.38. The predicted molar refractivity (Wildman–Crippen MR) is 36.4 cm³/mol. The van der Waals surface area contributed by atoms with Crippen molar-refractivity contribution < 1.29 is 17.9 Å². The number of hydrogen-bond donors (Lipinski definition) is 0. The van der Waals surface area contributed by atoms with Gasteiger partial charge in [0.1, 0.15) is 0 Å². The summed E-state index contributed by atoms with van der Waals surface area (Å²) in [5, 5.41) is -2.25. The number of halogens is 5. The predicted octanol–water partition coefficient (Wildman–Crippen LogP) is 3.23. The van der Waals surface area contributed by atoms with Crippen LogP contribution in [0.3, 0.4) is 0 Å². The van der Waals surface area contributed by atoms with Crippen molar-refractivity contribution in [2.75, 3.05) is 6.61 Å². The molecule has 0 aliphatic heterocycles. The molecule has 0 N–H and O–H groups in total. The molecule has 1 nitrogen and oxygen atoms in total. The van der Waals surface area contributed by atoms with Crippen LogP contribution in [0, 0.1) is 0 Å². The minimum Gasteiger partial charge on any atom is -0.482 e. The SMILES string of the molecule is CCOC(Cl)=C(Cl)C(F)(F)F. The third-order valence-corrected chi connectivity index (χ3v) is 1.47. The van der Waals surface area contributed by atoms with E-state index in [0.717, 1.165) is 0 Å². The van der Waals surface area contributed by atoms with Crippen LogP contribution in [0.1, 0.15) is 6.92 Å². The highest BCUT2D eigenvalue weighted by atomic mass is 35.5. The van der Waals surface area contributed by atoms with Crippen LogP contribution in [0.4, 0.5) is 13.2 Å². The van der Waals surface area contributed by atoms with Crippen LogP contribution in [-0.4, -0.2) is 12.8 Å². The Hall–Kier alpha value is -0.0900. The molecule has 0 aromatic heterocycles. The van der Waals surface area contributed by atoms with Gasteiger partial charge in [-0.2, -0.15) is 13.2 Å². The molecule has 11 heavy (non-hydrogen) atoms. The maximum Gasteiger partial charge on any atom is 0.431 e. The second kappa shape index (κ2) is 4.07. The van der Waals surface area contributed by atoms with Gasteiger partial charge in [0.25, 0.3) is 0 Å². The summed E-state index contributed by atoms with van der Waals surface area (Å²) in [7, 11) is 0. The van der Waals surface area contributed by atoms with Gasteiger partial charge in [-0.3, -0.25) is 0 Å². The van der Waals surface area contributed by atoms with E-state index in [2.05, 4.69) is 4.74 Å². The second-order valence-electron chi connectivity index (χ2n) is 1.52. The summed E-state index contributed by atoms with van der Waals surface area (Å²) in [6.45, 7) is 1.55. The summed E-state index contributed by atoms with van der Waals surface area (Å²) in [5.41, 5.74) is 0. The van der Waals surface area contributed by atoms with Gasteiger partial charge in [0.2, 0.25) is 5.22 Å². The van der Waals surface area contributed by atoms with Gasteiger partial charge in [0.05, 0.1) is 6.61 Å². The van der Waals surface area contributed by atoms with E-state index in [1.54, 1.807) is 0 Å². The van der Waals surface area contributed by atoms with Gasteiger partial charge in [-0.25, -0.2) is 0 Å². The Morgan fingerprint density at radius 1 is 1.36 bits per heavy atom. The molecule has 0 atom stereocenters. The third kappa shape index (κ3) is 3.72. The van der Waals surface area contributed by atoms with Crippen molar-refractivity contribution in [3.05, 3.63) is 10.3 Å². The second-order valence-corrected chi connectivity index (χ2v) is 2.24. The number of alkyl halides is 3. The van der Waals surface area contributed by atoms with E-state index in [-0.39, 0.29) is 6.61 Å². The average molecular weight is 209 g/mol. The van der Waals surface area contributed by atoms with Gasteiger partial charge in [-0.15, -0.1) is 0 Å². The lowest BCUT2D eigenvalue weighted by molar-refractivity contribution is -0.0869. The highest BCUT2D eigenvalue weighted by Gasteiger charge is 2.36. The van der Waals surface area contributed by atoms with E-state index in [4.69, 9.17) is 23.2 Å². The third-order valence-electron chi connectivity index (χ3n) is 0.693. The van der Waals surface area contributed by atoms with Crippen molar-refractivity contribution >= 4 is 23.2 Å². The van der Waals surface area contributed by atoms with E-state index in [0.29, 0.717) is 0 Å². The van der Waals surface area contributed by atoms with Crippen LogP contribution in [0.25, 0.3) is 0 Å². The normalized spacial score (nSPS) is 14.4. The van der Waals surface area contributed by atoms with Gasteiger partial charge in [-0.05, 0) is 18.5 Å². The van der Waals surface area contributed by atoms with Gasteiger partial charge >= 0.3 is 6.18 Å². The molecular formula is C5H5Cl2F3O. The fourth-order valence-electron chi connectivity index (χ4n) is 0.302. The van der Waals surface area contributed by atoms with E-state index < -0.39 is 16.4 Å². The van der Waals surface area contributed by atoms with Crippen molar-refractivity contribution in [1.29, 1.82) is 0 Å². The molecule has 0 saturated carbocycles. The molecular weight excluding hydrogens is 204 g/mol. The van der Waals surface area contributed by atoms with Crippen molar-refractivity contribution in [2.45, 2.75) is 13.1 Å². The molecule has 0 bridgehead atoms. The molecule has 0 rings (SSSR count). The summed E-state index contributed by atoms with van der Waals surface area (Å²) in [6, 6.07) is 0. The zero-order chi connectivity index (χ0) is 9.07. The van der Waals surface area contributed by atoms with Crippen LogP contribution in [-0.2, 0) is 4.74 Å². The van der Waals surface area contributed by atoms with Crippen LogP contribution in [0.5, 0.6) is 0 Å². The van der Waals surface area contributed by atoms with E-state index in [1.165, 1.54) is 6.92 Å². The number of hydrogen-bond acceptors (Lipinski definition) is 1. The van der Waals surface area contributed by atoms with Crippen molar-refractivity contribution in [3.8, 4) is 0 Å². The molecule has 0 aliphatic carbocycles. The Morgan fingerprint density at radius 3 is 2.09 bits per heavy atom. The largest absolute Gasteiger partial charge is 0.482 e. The summed E-state index contributed by atoms with van der Waals surface area (Å²) < 4.78 is 39.3. The van der Waals surface area contributed by atoms with Crippen LogP contribution in [0.2, 0.25) is 0 Å². The van der Waals surface area contributed by atoms with Crippen molar-refractivity contribution in [1.82, 2.24) is 0 Å². The molecule has 66 valence electrons. The zero-order valence-corrected chi connectivity index (χ0v) is 7.02. The lowest BCUT2D eigenvalue weighted by Crippen LogP contribution is -2.09. The quantitative estimate of drug-likeness (QED) is 0.634. The summed E-state index contributed by atoms with van der Waals surface area (Å²) in [5.74, 6) is 0. The lowest BCUT2D eigenvalue weighted by atomic mass is 10.6. The van der Waals surface area contributed by atoms with Crippen LogP contribution < -0.4 is 0 Å². The zero-order valence-electron chi connectivity index (χ0n) is 5.51. The maximum atomic E-state index is 11.7. The van der Waals surface area contributed by atoms with Crippen LogP contribution >= 0.6 is 23.2 Å². The Labute approximate surface area is 71.7 Å². The summed E-state index contributed by atoms with van der Waals surface area (Å²) in [6.07, 6.45) is -4.63. The molecule has 0 aromatic rings. The van der Waals surface area contributed by atoms with Crippen molar-refractivity contribution in [2.24, 2.45) is 0 Å². The van der Waals surface area contributed by atoms with Crippen LogP contribution in [0.15, 0.2) is 10.3 Å². The smallest absolute Gasteiger partial charge is 0.431 e. The van der Waals surface area contributed by atoms with E-state index in [9.17, 15) is 13.2 Å². The number of rotatable bonds is 2. The Bertz CT molecular complexity index is 164. The molecule has 0 aliphatic rings. The first-order valence-corrected chi connectivity index (χ1v) is 3.40. The fraction of sp³-hybridized carbons (Fsp3) is 0.600. The Balaban J connectivity index is 4.39. The molecule has 0 heterocycles. The van der Waals surface area contributed by atoms with Gasteiger partial charge < -0.3 is 4.74 Å². The Morgan fingerprint density at radius 2 is 1.82 bits per heavy atom. The van der Waals surface area contributed by atoms with E-state index in [1.807, 2.05) is 0 Å². The van der Waals surface area contributed by atoms with Gasteiger partial charge in [0.15, 0.2) is 5.03 Å². The Kier molecular flexibility index (Phi) is 4.03. The maximum absolute atomic E-state index is 11.7. The lowest BCUT2D eigenvalue weighted by Gasteiger charge is -2.07. The molecule has 0 radical (unpaired) electrons. The first-order chi connectivity index (χ1) is 4.89. The first-order valence-electron chi connectivity index (χ1n) is 2.64. The van der Waals surface area contributed by atoms with Gasteiger partial charge in [0, 0.05) is 0 Å². The highest BCUT2D eigenvalue weighted by Crippen LogP contribution is 2.32. The van der Waals surface area contributed by atoms with Crippen molar-refractivity contribution in [3.63, 3.8) is 0 Å². The molecule has 0 fully saturated rings. The molecule has 6 heteroatoms. The molecule has 0 spiro atoms. The molecule has 0 amide bonds. The number of allylic oxidation sites excluding steroid dienone is 1. The van der Waals surface area contributed by atoms with Gasteiger partial charge in [-0.1, -0.05) is 11.6 Å². The fourth-order valence-corrected chi connectivity index (χ4v) is 0.572. The molecule has 0 saturated heterocycles. The van der Waals surface area contributed by atoms with E-state index >= 15 is 0 Å². The topological polar surface area (TPSA) is 9.23 Å². The minimum atomic E-state index is -4.63. The summed E-state index contributed by atoms with van der Waals surface area (Å²) >= 11 is 9.81. The summed E-state index contributed by atoms with van der Waals surface area (Å²) in [4.78, 5) is 0. The molecule has 0 unspecified atom stereocenters. The first kappa shape index (κ1) is 10.9. The number of ether oxygens (including phenoxy) is 1. The standard InChI is InChI=1S/C5H5Cl2F3O/c1-2-11-4(7)3(6)5(8,9)10/h2H2,1H3. The average Bonchev–Trinajstić information content (AvgIpc) is 1.85.